The van der Waals surface area contributed by atoms with E-state index in [4.69, 9.17) is 9.47 Å². The number of alkyl halides is 2. The highest BCUT2D eigenvalue weighted by Crippen LogP contribution is 2.41. The van der Waals surface area contributed by atoms with Crippen molar-refractivity contribution in [2.24, 2.45) is 17.3 Å². The SMILES string of the molecule is Cc1cc(Nc2cc(C(F)F)ccn2)nc(-c2ccc(C(C)(O)[C@H]3CC[C@H](C(=O)OCOC(=O)C(C)(C)C)CC3)nc2)c1. The van der Waals surface area contributed by atoms with Crippen LogP contribution in [0.3, 0.4) is 0 Å². The molecule has 3 aromatic rings. The van der Waals surface area contributed by atoms with Gasteiger partial charge in [0.1, 0.15) is 17.2 Å². The van der Waals surface area contributed by atoms with Gasteiger partial charge in [-0.15, -0.1) is 0 Å². The van der Waals surface area contributed by atoms with Gasteiger partial charge in [-0.05, 0) is 108 Å². The molecule has 0 aromatic carbocycles. The highest BCUT2D eigenvalue weighted by atomic mass is 19.3. The van der Waals surface area contributed by atoms with E-state index in [0.717, 1.165) is 11.1 Å². The molecule has 9 nitrogen and oxygen atoms in total. The first-order valence-electron chi connectivity index (χ1n) is 14.3. The van der Waals surface area contributed by atoms with Crippen molar-refractivity contribution < 1.29 is 33.0 Å². The van der Waals surface area contributed by atoms with E-state index in [1.807, 2.05) is 19.1 Å². The molecule has 1 atom stereocenters. The van der Waals surface area contributed by atoms with Crippen LogP contribution in [0.4, 0.5) is 20.4 Å². The molecule has 0 saturated heterocycles. The lowest BCUT2D eigenvalue weighted by Gasteiger charge is -2.37. The van der Waals surface area contributed by atoms with Crippen LogP contribution in [0.2, 0.25) is 0 Å². The van der Waals surface area contributed by atoms with Gasteiger partial charge < -0.3 is 19.9 Å². The summed E-state index contributed by atoms with van der Waals surface area (Å²) in [6, 6.07) is 9.82. The second-order valence-corrected chi connectivity index (χ2v) is 12.2. The quantitative estimate of drug-likeness (QED) is 0.207. The first-order chi connectivity index (χ1) is 20.2. The molecule has 1 aliphatic rings. The number of aromatic nitrogens is 3. The molecule has 1 saturated carbocycles. The van der Waals surface area contributed by atoms with Crippen LogP contribution < -0.4 is 5.32 Å². The zero-order chi connectivity index (χ0) is 31.4. The minimum absolute atomic E-state index is 0.113. The lowest BCUT2D eigenvalue weighted by Crippen LogP contribution is -2.37. The van der Waals surface area contributed by atoms with Gasteiger partial charge in [0, 0.05) is 23.5 Å². The number of rotatable bonds is 9. The monoisotopic (exact) mass is 596 g/mol. The third-order valence-corrected chi connectivity index (χ3v) is 7.70. The fourth-order valence-electron chi connectivity index (χ4n) is 5.08. The maximum atomic E-state index is 13.1. The third-order valence-electron chi connectivity index (χ3n) is 7.70. The Morgan fingerprint density at radius 2 is 1.72 bits per heavy atom. The number of esters is 2. The summed E-state index contributed by atoms with van der Waals surface area (Å²) >= 11 is 0. The molecule has 0 amide bonds. The highest BCUT2D eigenvalue weighted by Gasteiger charge is 2.39. The molecule has 1 fully saturated rings. The topological polar surface area (TPSA) is 124 Å². The zero-order valence-electron chi connectivity index (χ0n) is 25.1. The molecule has 0 aliphatic heterocycles. The molecule has 0 radical (unpaired) electrons. The molecule has 0 bridgehead atoms. The summed E-state index contributed by atoms with van der Waals surface area (Å²) in [5, 5.41) is 14.5. The van der Waals surface area contributed by atoms with Crippen molar-refractivity contribution in [1.29, 1.82) is 0 Å². The van der Waals surface area contributed by atoms with Crippen LogP contribution in [-0.2, 0) is 24.7 Å². The standard InChI is InChI=1S/C32H38F2N4O5/c1-19-14-24(37-27(15-19)38-26-16-21(28(33)34)12-13-35-26)22-8-11-25(36-17-22)32(5,41)23-9-6-20(7-10-23)29(39)42-18-43-30(40)31(2,3)4/h8,11-17,20,23,28,41H,6-7,9-10,18H2,1-5H3,(H,35,37,38)/t20-,23-,32?. The number of aliphatic hydroxyl groups is 1. The largest absolute Gasteiger partial charge is 0.428 e. The number of carbonyl (C=O) groups is 2. The Bertz CT molecular complexity index is 1430. The Hall–Kier alpha value is -3.99. The lowest BCUT2D eigenvalue weighted by atomic mass is 9.73. The van der Waals surface area contributed by atoms with E-state index in [2.05, 4.69) is 20.3 Å². The Morgan fingerprint density at radius 1 is 1.00 bits per heavy atom. The number of pyridine rings is 3. The molecule has 3 heterocycles. The van der Waals surface area contributed by atoms with E-state index >= 15 is 0 Å². The molecular weight excluding hydrogens is 558 g/mol. The van der Waals surface area contributed by atoms with E-state index < -0.39 is 36.2 Å². The van der Waals surface area contributed by atoms with Crippen molar-refractivity contribution in [2.45, 2.75) is 72.3 Å². The molecule has 1 unspecified atom stereocenters. The van der Waals surface area contributed by atoms with Gasteiger partial charge in [0.15, 0.2) is 0 Å². The number of ether oxygens (including phenoxy) is 2. The van der Waals surface area contributed by atoms with Crippen LogP contribution in [-0.4, -0.2) is 38.8 Å². The summed E-state index contributed by atoms with van der Waals surface area (Å²) in [4.78, 5) is 37.6. The fourth-order valence-corrected chi connectivity index (χ4v) is 5.08. The predicted molar refractivity (Wildman–Crippen MR) is 156 cm³/mol. The Balaban J connectivity index is 1.37. The Kier molecular flexibility index (Phi) is 9.74. The Morgan fingerprint density at radius 3 is 2.35 bits per heavy atom. The number of hydrogen-bond acceptors (Lipinski definition) is 9. The number of aryl methyl sites for hydroxylation is 1. The average molecular weight is 597 g/mol. The summed E-state index contributed by atoms with van der Waals surface area (Å²) < 4.78 is 36.4. The van der Waals surface area contributed by atoms with Crippen LogP contribution in [0.25, 0.3) is 11.3 Å². The van der Waals surface area contributed by atoms with Crippen LogP contribution in [0.5, 0.6) is 0 Å². The molecule has 11 heteroatoms. The van der Waals surface area contributed by atoms with Gasteiger partial charge in [-0.25, -0.2) is 18.7 Å². The van der Waals surface area contributed by atoms with E-state index in [0.29, 0.717) is 42.9 Å². The zero-order valence-corrected chi connectivity index (χ0v) is 25.1. The van der Waals surface area contributed by atoms with Gasteiger partial charge in [-0.3, -0.25) is 14.6 Å². The highest BCUT2D eigenvalue weighted by molar-refractivity contribution is 5.76. The molecular formula is C32H38F2N4O5. The number of halogens is 2. The lowest BCUT2D eigenvalue weighted by molar-refractivity contribution is -0.176. The molecule has 230 valence electrons. The molecule has 1 aliphatic carbocycles. The van der Waals surface area contributed by atoms with Crippen LogP contribution in [0.1, 0.15) is 76.6 Å². The normalized spacial score (nSPS) is 18.5. The molecule has 43 heavy (non-hydrogen) atoms. The van der Waals surface area contributed by atoms with Crippen LogP contribution in [0.15, 0.2) is 48.8 Å². The Labute approximate surface area is 250 Å². The van der Waals surface area contributed by atoms with Crippen molar-refractivity contribution >= 4 is 23.6 Å². The summed E-state index contributed by atoms with van der Waals surface area (Å²) in [7, 11) is 0. The second-order valence-electron chi connectivity index (χ2n) is 12.2. The number of nitrogens with zero attached hydrogens (tertiary/aromatic N) is 3. The summed E-state index contributed by atoms with van der Waals surface area (Å²) in [5.74, 6) is -0.564. The maximum absolute atomic E-state index is 13.1. The number of hydrogen-bond donors (Lipinski definition) is 2. The van der Waals surface area contributed by atoms with E-state index in [-0.39, 0.29) is 23.2 Å². The van der Waals surface area contributed by atoms with E-state index in [1.165, 1.54) is 18.3 Å². The van der Waals surface area contributed by atoms with Gasteiger partial charge in [-0.2, -0.15) is 0 Å². The summed E-state index contributed by atoms with van der Waals surface area (Å²) in [5.41, 5.74) is 0.724. The number of anilines is 2. The van der Waals surface area contributed by atoms with Gasteiger partial charge in [0.2, 0.25) is 6.79 Å². The van der Waals surface area contributed by atoms with Crippen LogP contribution >= 0.6 is 0 Å². The average Bonchev–Trinajstić information content (AvgIpc) is 2.96. The predicted octanol–water partition coefficient (Wildman–Crippen LogP) is 6.63. The van der Waals surface area contributed by atoms with Crippen molar-refractivity contribution in [3.05, 3.63) is 65.6 Å². The fraction of sp³-hybridized carbons (Fsp3) is 0.469. The van der Waals surface area contributed by atoms with E-state index in [9.17, 15) is 23.5 Å². The number of nitrogens with one attached hydrogen (secondary N) is 1. The number of carbonyl (C=O) groups excluding carboxylic acids is 2. The third kappa shape index (κ3) is 8.10. The summed E-state index contributed by atoms with van der Waals surface area (Å²) in [6.07, 6.45) is 2.66. The van der Waals surface area contributed by atoms with Gasteiger partial charge >= 0.3 is 11.9 Å². The maximum Gasteiger partial charge on any atom is 0.314 e. The second kappa shape index (κ2) is 13.1. The van der Waals surface area contributed by atoms with Gasteiger partial charge in [-0.1, -0.05) is 0 Å². The minimum Gasteiger partial charge on any atom is -0.428 e. The van der Waals surface area contributed by atoms with Crippen molar-refractivity contribution in [3.63, 3.8) is 0 Å². The van der Waals surface area contributed by atoms with Crippen LogP contribution in [0, 0.1) is 24.2 Å². The van der Waals surface area contributed by atoms with Crippen molar-refractivity contribution in [1.82, 2.24) is 15.0 Å². The molecule has 4 rings (SSSR count). The van der Waals surface area contributed by atoms with Gasteiger partial charge in [0.05, 0.1) is 22.7 Å². The molecule has 3 aromatic heterocycles. The van der Waals surface area contributed by atoms with Crippen molar-refractivity contribution in [2.75, 3.05) is 12.1 Å². The summed E-state index contributed by atoms with van der Waals surface area (Å²) in [6.45, 7) is 8.40. The van der Waals surface area contributed by atoms with Crippen molar-refractivity contribution in [3.8, 4) is 11.3 Å². The minimum atomic E-state index is -2.60. The first-order valence-corrected chi connectivity index (χ1v) is 14.3. The van der Waals surface area contributed by atoms with E-state index in [1.54, 1.807) is 46.0 Å². The molecule has 0 spiro atoms. The first kappa shape index (κ1) is 31.9. The smallest absolute Gasteiger partial charge is 0.314 e. The molecule has 2 N–H and O–H groups in total. The van der Waals surface area contributed by atoms with Gasteiger partial charge in [0.25, 0.3) is 6.43 Å².